The van der Waals surface area contributed by atoms with Gasteiger partial charge in [0, 0.05) is 44.5 Å². The molecule has 0 aliphatic carbocycles. The van der Waals surface area contributed by atoms with Gasteiger partial charge in [-0.25, -0.2) is 4.79 Å². The molecule has 0 aliphatic heterocycles. The summed E-state index contributed by atoms with van der Waals surface area (Å²) in [6.45, 7) is 12.4. The van der Waals surface area contributed by atoms with Gasteiger partial charge < -0.3 is 15.0 Å². The molecule has 1 amide bonds. The zero-order valence-corrected chi connectivity index (χ0v) is 14.1. The number of aromatic nitrogens is 2. The van der Waals surface area contributed by atoms with E-state index in [-0.39, 0.29) is 6.09 Å². The third-order valence-electron chi connectivity index (χ3n) is 3.24. The molecule has 21 heavy (non-hydrogen) atoms. The Morgan fingerprint density at radius 1 is 1.48 bits per heavy atom. The lowest BCUT2D eigenvalue weighted by Crippen LogP contribution is -2.40. The Hall–Kier alpha value is -1.56. The van der Waals surface area contributed by atoms with Gasteiger partial charge in [0.1, 0.15) is 5.60 Å². The Morgan fingerprint density at radius 3 is 2.62 bits per heavy atom. The van der Waals surface area contributed by atoms with Crippen molar-refractivity contribution in [1.29, 1.82) is 0 Å². The maximum Gasteiger partial charge on any atom is 0.410 e. The molecule has 0 radical (unpaired) electrons. The SMILES string of the molecule is CCN(CCNCc1cnn(C)c1C)C(=O)OC(C)(C)C. The molecule has 6 heteroatoms. The van der Waals surface area contributed by atoms with Crippen LogP contribution >= 0.6 is 0 Å². The lowest BCUT2D eigenvalue weighted by molar-refractivity contribution is 0.0262. The first-order chi connectivity index (χ1) is 9.74. The Morgan fingerprint density at radius 2 is 2.14 bits per heavy atom. The first-order valence-corrected chi connectivity index (χ1v) is 7.40. The molecule has 0 aliphatic rings. The summed E-state index contributed by atoms with van der Waals surface area (Å²) in [4.78, 5) is 13.7. The Kier molecular flexibility index (Phi) is 6.20. The van der Waals surface area contributed by atoms with Crippen molar-refractivity contribution in [3.8, 4) is 0 Å². The summed E-state index contributed by atoms with van der Waals surface area (Å²) in [6, 6.07) is 0. The predicted molar refractivity (Wildman–Crippen MR) is 83.1 cm³/mol. The lowest BCUT2D eigenvalue weighted by Gasteiger charge is -2.26. The first kappa shape index (κ1) is 17.5. The molecule has 0 spiro atoms. The number of likely N-dealkylation sites (N-methyl/N-ethyl adjacent to an activating group) is 1. The highest BCUT2D eigenvalue weighted by Gasteiger charge is 2.20. The van der Waals surface area contributed by atoms with Crippen molar-refractivity contribution < 1.29 is 9.53 Å². The van der Waals surface area contributed by atoms with Crippen molar-refractivity contribution in [3.63, 3.8) is 0 Å². The molecule has 0 unspecified atom stereocenters. The maximum absolute atomic E-state index is 12.0. The maximum atomic E-state index is 12.0. The topological polar surface area (TPSA) is 59.4 Å². The average molecular weight is 296 g/mol. The number of rotatable bonds is 6. The van der Waals surface area contributed by atoms with E-state index in [1.165, 1.54) is 5.56 Å². The van der Waals surface area contributed by atoms with Crippen molar-refractivity contribution in [2.24, 2.45) is 7.05 Å². The fourth-order valence-corrected chi connectivity index (χ4v) is 1.86. The zero-order valence-electron chi connectivity index (χ0n) is 14.1. The Bertz CT molecular complexity index is 463. The van der Waals surface area contributed by atoms with Crippen LogP contribution in [0.4, 0.5) is 4.79 Å². The molecule has 1 aromatic rings. The van der Waals surface area contributed by atoms with Crippen molar-refractivity contribution in [2.45, 2.75) is 46.8 Å². The van der Waals surface area contributed by atoms with E-state index in [0.717, 1.165) is 18.8 Å². The van der Waals surface area contributed by atoms with Gasteiger partial charge in [-0.2, -0.15) is 5.10 Å². The monoisotopic (exact) mass is 296 g/mol. The number of ether oxygens (including phenoxy) is 1. The average Bonchev–Trinajstić information content (AvgIpc) is 2.68. The summed E-state index contributed by atoms with van der Waals surface area (Å²) in [5.41, 5.74) is 1.88. The molecule has 0 saturated heterocycles. The predicted octanol–water partition coefficient (Wildman–Crippen LogP) is 2.08. The van der Waals surface area contributed by atoms with Crippen LogP contribution in [-0.4, -0.2) is 46.0 Å². The smallest absolute Gasteiger partial charge is 0.410 e. The molecule has 120 valence electrons. The van der Waals surface area contributed by atoms with Crippen molar-refractivity contribution in [1.82, 2.24) is 20.0 Å². The highest BCUT2D eigenvalue weighted by atomic mass is 16.6. The number of hydrogen-bond donors (Lipinski definition) is 1. The van der Waals surface area contributed by atoms with E-state index in [0.29, 0.717) is 13.1 Å². The van der Waals surface area contributed by atoms with E-state index in [1.807, 2.05) is 52.5 Å². The van der Waals surface area contributed by atoms with E-state index in [2.05, 4.69) is 10.4 Å². The number of aryl methyl sites for hydroxylation is 1. The van der Waals surface area contributed by atoms with E-state index >= 15 is 0 Å². The molecule has 0 saturated carbocycles. The summed E-state index contributed by atoms with van der Waals surface area (Å²) < 4.78 is 7.23. The molecule has 0 fully saturated rings. The molecular formula is C15H28N4O2. The summed E-state index contributed by atoms with van der Waals surface area (Å²) in [5.74, 6) is 0. The molecule has 0 bridgehead atoms. The number of amides is 1. The highest BCUT2D eigenvalue weighted by molar-refractivity contribution is 5.68. The van der Waals surface area contributed by atoms with Gasteiger partial charge in [0.05, 0.1) is 6.20 Å². The van der Waals surface area contributed by atoms with Crippen LogP contribution < -0.4 is 5.32 Å². The van der Waals surface area contributed by atoms with Crippen LogP contribution in [0.1, 0.15) is 39.0 Å². The van der Waals surface area contributed by atoms with Crippen LogP contribution in [0.3, 0.4) is 0 Å². The van der Waals surface area contributed by atoms with Gasteiger partial charge in [-0.15, -0.1) is 0 Å². The third kappa shape index (κ3) is 5.75. The minimum Gasteiger partial charge on any atom is -0.444 e. The second-order valence-electron chi connectivity index (χ2n) is 6.12. The molecule has 0 aromatic carbocycles. The normalized spacial score (nSPS) is 11.5. The number of carbonyl (C=O) groups is 1. The van der Waals surface area contributed by atoms with Gasteiger partial charge in [-0.3, -0.25) is 4.68 Å². The van der Waals surface area contributed by atoms with Gasteiger partial charge in [-0.05, 0) is 34.6 Å². The van der Waals surface area contributed by atoms with Crippen molar-refractivity contribution in [3.05, 3.63) is 17.5 Å². The molecular weight excluding hydrogens is 268 g/mol. The van der Waals surface area contributed by atoms with Crippen LogP contribution in [0.5, 0.6) is 0 Å². The number of carbonyl (C=O) groups excluding carboxylic acids is 1. The fourth-order valence-electron chi connectivity index (χ4n) is 1.86. The van der Waals surface area contributed by atoms with Crippen molar-refractivity contribution >= 4 is 6.09 Å². The lowest BCUT2D eigenvalue weighted by atomic mass is 10.2. The van der Waals surface area contributed by atoms with Crippen LogP contribution in [0, 0.1) is 6.92 Å². The van der Waals surface area contributed by atoms with Gasteiger partial charge in [0.2, 0.25) is 0 Å². The minimum atomic E-state index is -0.454. The Balaban J connectivity index is 2.35. The minimum absolute atomic E-state index is 0.260. The summed E-state index contributed by atoms with van der Waals surface area (Å²) in [6.07, 6.45) is 1.61. The molecule has 0 atom stereocenters. The number of hydrogen-bond acceptors (Lipinski definition) is 4. The zero-order chi connectivity index (χ0) is 16.0. The van der Waals surface area contributed by atoms with E-state index in [4.69, 9.17) is 4.74 Å². The van der Waals surface area contributed by atoms with Gasteiger partial charge in [0.25, 0.3) is 0 Å². The quantitative estimate of drug-likeness (QED) is 0.817. The molecule has 1 N–H and O–H groups in total. The Labute approximate surface area is 127 Å². The second-order valence-corrected chi connectivity index (χ2v) is 6.12. The van der Waals surface area contributed by atoms with Crippen LogP contribution in [0.25, 0.3) is 0 Å². The molecule has 1 aromatic heterocycles. The summed E-state index contributed by atoms with van der Waals surface area (Å²) in [7, 11) is 1.93. The number of nitrogens with one attached hydrogen (secondary N) is 1. The van der Waals surface area contributed by atoms with Gasteiger partial charge in [0.15, 0.2) is 0 Å². The van der Waals surface area contributed by atoms with E-state index in [9.17, 15) is 4.79 Å². The summed E-state index contributed by atoms with van der Waals surface area (Å²) in [5, 5.41) is 7.54. The van der Waals surface area contributed by atoms with Gasteiger partial charge in [-0.1, -0.05) is 0 Å². The molecule has 1 rings (SSSR count). The van der Waals surface area contributed by atoms with Crippen LogP contribution in [-0.2, 0) is 18.3 Å². The van der Waals surface area contributed by atoms with Crippen molar-refractivity contribution in [2.75, 3.05) is 19.6 Å². The fraction of sp³-hybridized carbons (Fsp3) is 0.733. The molecule has 6 nitrogen and oxygen atoms in total. The van der Waals surface area contributed by atoms with Gasteiger partial charge >= 0.3 is 6.09 Å². The van der Waals surface area contributed by atoms with E-state index in [1.54, 1.807) is 4.90 Å². The summed E-state index contributed by atoms with van der Waals surface area (Å²) >= 11 is 0. The highest BCUT2D eigenvalue weighted by Crippen LogP contribution is 2.09. The second kappa shape index (κ2) is 7.45. The first-order valence-electron chi connectivity index (χ1n) is 7.40. The van der Waals surface area contributed by atoms with E-state index < -0.39 is 5.60 Å². The molecule has 1 heterocycles. The number of nitrogens with zero attached hydrogens (tertiary/aromatic N) is 3. The largest absolute Gasteiger partial charge is 0.444 e. The van der Waals surface area contributed by atoms with Crippen LogP contribution in [0.2, 0.25) is 0 Å². The standard InChI is InChI=1S/C15H28N4O2/c1-7-19(14(20)21-15(3,4)5)9-8-16-10-13-11-17-18(6)12(13)2/h11,16H,7-10H2,1-6H3. The van der Waals surface area contributed by atoms with Crippen LogP contribution in [0.15, 0.2) is 6.20 Å². The third-order valence-corrected chi connectivity index (χ3v) is 3.24.